The number of rotatable bonds is 5. The van der Waals surface area contributed by atoms with Crippen molar-refractivity contribution in [3.63, 3.8) is 0 Å². The summed E-state index contributed by atoms with van der Waals surface area (Å²) in [5.41, 5.74) is 0.637. The van der Waals surface area contributed by atoms with E-state index in [2.05, 4.69) is 0 Å². The highest BCUT2D eigenvalue weighted by Gasteiger charge is 2.22. The van der Waals surface area contributed by atoms with Crippen molar-refractivity contribution in [2.45, 2.75) is 10.6 Å². The molecular weight excluding hydrogens is 304 g/mol. The Balaban J connectivity index is 2.43. The molecule has 0 radical (unpaired) electrons. The van der Waals surface area contributed by atoms with E-state index in [9.17, 15) is 18.5 Å². The Hall–Kier alpha value is -2.41. The second-order valence-electron chi connectivity index (χ2n) is 5.04. The van der Waals surface area contributed by atoms with Gasteiger partial charge in [0.15, 0.2) is 9.84 Å². The van der Waals surface area contributed by atoms with Crippen LogP contribution in [-0.2, 0) is 15.6 Å². The number of nitrogens with zero attached hydrogens (tertiary/aromatic N) is 2. The Morgan fingerprint density at radius 3 is 2.27 bits per heavy atom. The largest absolute Gasteiger partial charge is 0.377 e. The van der Waals surface area contributed by atoms with Gasteiger partial charge in [-0.25, -0.2) is 8.42 Å². The van der Waals surface area contributed by atoms with Crippen molar-refractivity contribution in [3.05, 3.63) is 64.2 Å². The molecule has 0 saturated heterocycles. The molecule has 116 valence electrons. The van der Waals surface area contributed by atoms with Crippen LogP contribution in [0.4, 0.5) is 11.4 Å². The van der Waals surface area contributed by atoms with Crippen LogP contribution in [0.5, 0.6) is 0 Å². The normalized spacial score (nSPS) is 11.2. The predicted octanol–water partition coefficient (Wildman–Crippen LogP) is 2.63. The average molecular weight is 320 g/mol. The van der Waals surface area contributed by atoms with Crippen molar-refractivity contribution in [1.82, 2.24) is 0 Å². The maximum atomic E-state index is 12.4. The number of nitro groups is 1. The van der Waals surface area contributed by atoms with E-state index < -0.39 is 20.5 Å². The summed E-state index contributed by atoms with van der Waals surface area (Å²) in [6, 6.07) is 12.5. The zero-order valence-electron chi connectivity index (χ0n) is 12.3. The fraction of sp³-hybridized carbons (Fsp3) is 0.200. The first kappa shape index (κ1) is 16.0. The van der Waals surface area contributed by atoms with Gasteiger partial charge in [-0.1, -0.05) is 18.2 Å². The smallest absolute Gasteiger partial charge is 0.275 e. The van der Waals surface area contributed by atoms with Crippen LogP contribution in [0.3, 0.4) is 0 Å². The molecule has 0 atom stereocenters. The lowest BCUT2D eigenvalue weighted by Gasteiger charge is -2.13. The third-order valence-corrected chi connectivity index (χ3v) is 4.91. The molecule has 0 amide bonds. The Kier molecular flexibility index (Phi) is 4.46. The Bertz CT molecular complexity index is 786. The summed E-state index contributed by atoms with van der Waals surface area (Å²) in [7, 11) is -0.0938. The van der Waals surface area contributed by atoms with Gasteiger partial charge in [-0.05, 0) is 24.3 Å². The van der Waals surface area contributed by atoms with E-state index in [1.807, 2.05) is 0 Å². The van der Waals surface area contributed by atoms with Crippen LogP contribution in [-0.4, -0.2) is 27.4 Å². The summed E-state index contributed by atoms with van der Waals surface area (Å²) in [6.07, 6.45) is 0. The standard InChI is InChI=1S/C15H16N2O4S/c1-16(2)13-9-8-12(15(10-13)17(18)19)11-22(20,21)14-6-4-3-5-7-14/h3-10H,11H2,1-2H3. The minimum Gasteiger partial charge on any atom is -0.377 e. The molecule has 0 heterocycles. The van der Waals surface area contributed by atoms with Crippen molar-refractivity contribution < 1.29 is 13.3 Å². The molecule has 2 aromatic carbocycles. The number of hydrogen-bond acceptors (Lipinski definition) is 5. The highest BCUT2D eigenvalue weighted by Crippen LogP contribution is 2.28. The number of hydrogen-bond donors (Lipinski definition) is 0. The van der Waals surface area contributed by atoms with Gasteiger partial charge in [-0.2, -0.15) is 0 Å². The zero-order valence-corrected chi connectivity index (χ0v) is 13.1. The van der Waals surface area contributed by atoms with E-state index in [0.717, 1.165) is 0 Å². The van der Waals surface area contributed by atoms with Crippen molar-refractivity contribution in [3.8, 4) is 0 Å². The number of anilines is 1. The molecule has 0 fully saturated rings. The average Bonchev–Trinajstić information content (AvgIpc) is 2.47. The summed E-state index contributed by atoms with van der Waals surface area (Å²) < 4.78 is 24.7. The molecule has 0 bridgehead atoms. The lowest BCUT2D eigenvalue weighted by molar-refractivity contribution is -0.385. The minimum absolute atomic E-state index is 0.154. The topological polar surface area (TPSA) is 80.5 Å². The van der Waals surface area contributed by atoms with Crippen LogP contribution in [0.2, 0.25) is 0 Å². The van der Waals surface area contributed by atoms with E-state index in [4.69, 9.17) is 0 Å². The first-order valence-electron chi connectivity index (χ1n) is 6.54. The van der Waals surface area contributed by atoms with Crippen molar-refractivity contribution in [1.29, 1.82) is 0 Å². The fourth-order valence-corrected chi connectivity index (χ4v) is 3.43. The molecule has 2 rings (SSSR count). The van der Waals surface area contributed by atoms with Crippen LogP contribution >= 0.6 is 0 Å². The number of sulfone groups is 1. The quantitative estimate of drug-likeness (QED) is 0.625. The molecule has 0 aromatic heterocycles. The predicted molar refractivity (Wildman–Crippen MR) is 84.8 cm³/mol. The SMILES string of the molecule is CN(C)c1ccc(CS(=O)(=O)c2ccccc2)c([N+](=O)[O-])c1. The third-order valence-electron chi connectivity index (χ3n) is 3.23. The summed E-state index contributed by atoms with van der Waals surface area (Å²) in [6.45, 7) is 0. The van der Waals surface area contributed by atoms with Crippen molar-refractivity contribution >= 4 is 21.2 Å². The lowest BCUT2D eigenvalue weighted by Crippen LogP contribution is -2.11. The monoisotopic (exact) mass is 320 g/mol. The Morgan fingerprint density at radius 2 is 1.73 bits per heavy atom. The second kappa shape index (κ2) is 6.15. The highest BCUT2D eigenvalue weighted by atomic mass is 32.2. The number of benzene rings is 2. The Morgan fingerprint density at radius 1 is 1.09 bits per heavy atom. The maximum absolute atomic E-state index is 12.4. The molecule has 0 aliphatic rings. The summed E-state index contributed by atoms with van der Waals surface area (Å²) >= 11 is 0. The van der Waals surface area contributed by atoms with Gasteiger partial charge in [0.2, 0.25) is 0 Å². The lowest BCUT2D eigenvalue weighted by atomic mass is 10.2. The molecule has 0 spiro atoms. The molecule has 22 heavy (non-hydrogen) atoms. The molecule has 0 saturated carbocycles. The van der Waals surface area contributed by atoms with Gasteiger partial charge in [0.25, 0.3) is 5.69 Å². The van der Waals surface area contributed by atoms with E-state index in [1.165, 1.54) is 24.3 Å². The van der Waals surface area contributed by atoms with Crippen LogP contribution in [0.1, 0.15) is 5.56 Å². The minimum atomic E-state index is -3.62. The molecular formula is C15H16N2O4S. The van der Waals surface area contributed by atoms with Gasteiger partial charge in [0, 0.05) is 31.4 Å². The molecule has 0 unspecified atom stereocenters. The highest BCUT2D eigenvalue weighted by molar-refractivity contribution is 7.90. The van der Waals surface area contributed by atoms with Gasteiger partial charge in [-0.3, -0.25) is 10.1 Å². The first-order chi connectivity index (χ1) is 10.3. The Labute approximate surface area is 129 Å². The third kappa shape index (κ3) is 3.43. The molecule has 0 N–H and O–H groups in total. The van der Waals surface area contributed by atoms with E-state index in [1.54, 1.807) is 43.3 Å². The van der Waals surface area contributed by atoms with Gasteiger partial charge in [0.05, 0.1) is 15.6 Å². The summed E-state index contributed by atoms with van der Waals surface area (Å²) in [5, 5.41) is 11.2. The zero-order chi connectivity index (χ0) is 16.3. The molecule has 2 aromatic rings. The van der Waals surface area contributed by atoms with Crippen molar-refractivity contribution in [2.75, 3.05) is 19.0 Å². The van der Waals surface area contributed by atoms with E-state index in [-0.39, 0.29) is 16.1 Å². The molecule has 0 aliphatic carbocycles. The molecule has 6 nitrogen and oxygen atoms in total. The van der Waals surface area contributed by atoms with Gasteiger partial charge in [-0.15, -0.1) is 0 Å². The molecule has 0 aliphatic heterocycles. The van der Waals surface area contributed by atoms with Crippen LogP contribution < -0.4 is 4.90 Å². The van der Waals surface area contributed by atoms with Gasteiger partial charge in [0.1, 0.15) is 0 Å². The first-order valence-corrected chi connectivity index (χ1v) is 8.19. The van der Waals surface area contributed by atoms with Crippen LogP contribution in [0.25, 0.3) is 0 Å². The van der Waals surface area contributed by atoms with Crippen LogP contribution in [0, 0.1) is 10.1 Å². The van der Waals surface area contributed by atoms with Gasteiger partial charge >= 0.3 is 0 Å². The second-order valence-corrected chi connectivity index (χ2v) is 7.03. The number of nitro benzene ring substituents is 1. The summed E-state index contributed by atoms with van der Waals surface area (Å²) in [4.78, 5) is 12.5. The van der Waals surface area contributed by atoms with E-state index in [0.29, 0.717) is 5.69 Å². The van der Waals surface area contributed by atoms with Gasteiger partial charge < -0.3 is 4.90 Å². The van der Waals surface area contributed by atoms with Crippen molar-refractivity contribution in [2.24, 2.45) is 0 Å². The maximum Gasteiger partial charge on any atom is 0.275 e. The van der Waals surface area contributed by atoms with Crippen LogP contribution in [0.15, 0.2) is 53.4 Å². The van der Waals surface area contributed by atoms with E-state index >= 15 is 0 Å². The molecule has 7 heteroatoms. The summed E-state index contributed by atoms with van der Waals surface area (Å²) in [5.74, 6) is -0.402. The fourth-order valence-electron chi connectivity index (χ4n) is 2.04.